The van der Waals surface area contributed by atoms with Gasteiger partial charge in [0.05, 0.1) is 13.2 Å². The molecule has 0 radical (unpaired) electrons. The van der Waals surface area contributed by atoms with Crippen LogP contribution in [-0.2, 0) is 0 Å². The molecule has 0 N–H and O–H groups in total. The number of methoxy groups -OCH3 is 1. The van der Waals surface area contributed by atoms with E-state index >= 15 is 0 Å². The van der Waals surface area contributed by atoms with Gasteiger partial charge in [-0.05, 0) is 23.6 Å². The van der Waals surface area contributed by atoms with Gasteiger partial charge in [-0.2, -0.15) is 5.26 Å². The molecule has 0 bridgehead atoms. The topological polar surface area (TPSA) is 58.8 Å². The Balaban J connectivity index is 2.54. The average molecular weight is 267 g/mol. The van der Waals surface area contributed by atoms with Crippen LogP contribution in [0.2, 0.25) is 0 Å². The summed E-state index contributed by atoms with van der Waals surface area (Å²) < 4.78 is 5.38. The number of aromatic nitrogens is 2. The van der Waals surface area contributed by atoms with Gasteiger partial charge < -0.3 is 4.74 Å². The second kappa shape index (κ2) is 6.16. The quantitative estimate of drug-likeness (QED) is 0.853. The lowest BCUT2D eigenvalue weighted by Gasteiger charge is -2.15. The molecule has 1 aromatic carbocycles. The number of rotatable bonds is 4. The molecule has 4 nitrogen and oxygen atoms in total. The zero-order valence-electron chi connectivity index (χ0n) is 11.9. The molecule has 2 rings (SSSR count). The van der Waals surface area contributed by atoms with Crippen molar-refractivity contribution < 1.29 is 4.74 Å². The maximum absolute atomic E-state index is 9.50. The van der Waals surface area contributed by atoms with Crippen molar-refractivity contribution in [2.45, 2.75) is 25.7 Å². The highest BCUT2D eigenvalue weighted by molar-refractivity contribution is 5.45. The Bertz CT molecular complexity index is 617. The van der Waals surface area contributed by atoms with Crippen molar-refractivity contribution in [2.24, 2.45) is 0 Å². The lowest BCUT2D eigenvalue weighted by Crippen LogP contribution is -2.06. The van der Waals surface area contributed by atoms with Gasteiger partial charge in [-0.25, -0.2) is 9.97 Å². The first-order valence-electron chi connectivity index (χ1n) is 6.51. The van der Waals surface area contributed by atoms with E-state index < -0.39 is 5.92 Å². The number of nitriles is 1. The highest BCUT2D eigenvalue weighted by Gasteiger charge is 2.21. The molecule has 0 aliphatic rings. The third kappa shape index (κ3) is 2.77. The smallest absolute Gasteiger partial charge is 0.149 e. The molecule has 1 atom stereocenters. The molecule has 20 heavy (non-hydrogen) atoms. The standard InChI is InChI=1S/C16H17N3O/c1-11(2)12-5-6-15(20-3)13(9-12)14(10-17)16-18-7-4-8-19-16/h4-9,11,14H,1-3H3. The summed E-state index contributed by atoms with van der Waals surface area (Å²) >= 11 is 0. The van der Waals surface area contributed by atoms with Gasteiger partial charge in [0.1, 0.15) is 17.5 Å². The number of benzene rings is 1. The summed E-state index contributed by atoms with van der Waals surface area (Å²) in [6, 6.07) is 9.94. The molecule has 0 spiro atoms. The molecule has 2 aromatic rings. The van der Waals surface area contributed by atoms with E-state index in [0.717, 1.165) is 11.1 Å². The number of ether oxygens (including phenoxy) is 1. The summed E-state index contributed by atoms with van der Waals surface area (Å²) in [5.74, 6) is 1.04. The lowest BCUT2D eigenvalue weighted by molar-refractivity contribution is 0.409. The summed E-state index contributed by atoms with van der Waals surface area (Å²) in [7, 11) is 1.61. The Morgan fingerprint density at radius 1 is 1.20 bits per heavy atom. The molecule has 0 aliphatic carbocycles. The monoisotopic (exact) mass is 267 g/mol. The molecule has 0 fully saturated rings. The van der Waals surface area contributed by atoms with Gasteiger partial charge in [0.25, 0.3) is 0 Å². The predicted molar refractivity (Wildman–Crippen MR) is 76.6 cm³/mol. The Kier molecular flexibility index (Phi) is 4.31. The highest BCUT2D eigenvalue weighted by atomic mass is 16.5. The SMILES string of the molecule is COc1ccc(C(C)C)cc1C(C#N)c1ncccn1. The first-order chi connectivity index (χ1) is 9.67. The van der Waals surface area contributed by atoms with Crippen LogP contribution < -0.4 is 4.74 Å². The first kappa shape index (κ1) is 14.0. The molecular formula is C16H17N3O. The zero-order chi connectivity index (χ0) is 14.5. The summed E-state index contributed by atoms with van der Waals surface area (Å²) in [5, 5.41) is 9.50. The minimum absolute atomic E-state index is 0.385. The maximum atomic E-state index is 9.50. The normalized spacial score (nSPS) is 11.9. The molecule has 0 saturated carbocycles. The van der Waals surface area contributed by atoms with Crippen LogP contribution in [0.5, 0.6) is 5.75 Å². The van der Waals surface area contributed by atoms with Crippen LogP contribution in [0.3, 0.4) is 0 Å². The van der Waals surface area contributed by atoms with Crippen LogP contribution >= 0.6 is 0 Å². The van der Waals surface area contributed by atoms with Gasteiger partial charge >= 0.3 is 0 Å². The third-order valence-corrected chi connectivity index (χ3v) is 3.20. The Labute approximate surface area is 119 Å². The second-order valence-corrected chi connectivity index (χ2v) is 4.83. The Hall–Kier alpha value is -2.41. The summed E-state index contributed by atoms with van der Waals surface area (Å²) in [6.45, 7) is 4.23. The van der Waals surface area contributed by atoms with E-state index in [2.05, 4.69) is 29.9 Å². The fraction of sp³-hybridized carbons (Fsp3) is 0.312. The molecule has 0 saturated heterocycles. The second-order valence-electron chi connectivity index (χ2n) is 4.83. The van der Waals surface area contributed by atoms with Crippen LogP contribution in [0.15, 0.2) is 36.7 Å². The molecule has 0 aliphatic heterocycles. The van der Waals surface area contributed by atoms with Crippen LogP contribution in [-0.4, -0.2) is 17.1 Å². The van der Waals surface area contributed by atoms with Crippen molar-refractivity contribution in [1.82, 2.24) is 9.97 Å². The molecule has 1 aromatic heterocycles. The van der Waals surface area contributed by atoms with Crippen molar-refractivity contribution in [3.05, 3.63) is 53.6 Å². The minimum Gasteiger partial charge on any atom is -0.496 e. The van der Waals surface area contributed by atoms with Gasteiger partial charge in [-0.1, -0.05) is 26.0 Å². The van der Waals surface area contributed by atoms with Gasteiger partial charge in [0.2, 0.25) is 0 Å². The van der Waals surface area contributed by atoms with Crippen molar-refractivity contribution in [3.63, 3.8) is 0 Å². The van der Waals surface area contributed by atoms with E-state index in [0.29, 0.717) is 17.5 Å². The van der Waals surface area contributed by atoms with E-state index in [1.165, 1.54) is 0 Å². The summed E-state index contributed by atoms with van der Waals surface area (Å²) in [4.78, 5) is 8.37. The fourth-order valence-corrected chi connectivity index (χ4v) is 2.06. The Morgan fingerprint density at radius 3 is 2.45 bits per heavy atom. The van der Waals surface area contributed by atoms with Gasteiger partial charge in [0, 0.05) is 18.0 Å². The lowest BCUT2D eigenvalue weighted by atomic mass is 9.93. The van der Waals surface area contributed by atoms with E-state index in [9.17, 15) is 5.26 Å². The molecule has 4 heteroatoms. The molecule has 1 unspecified atom stereocenters. The first-order valence-corrected chi connectivity index (χ1v) is 6.51. The zero-order valence-corrected chi connectivity index (χ0v) is 11.9. The highest BCUT2D eigenvalue weighted by Crippen LogP contribution is 2.32. The van der Waals surface area contributed by atoms with Crippen molar-refractivity contribution in [2.75, 3.05) is 7.11 Å². The van der Waals surface area contributed by atoms with Gasteiger partial charge in [0.15, 0.2) is 0 Å². The largest absolute Gasteiger partial charge is 0.496 e. The minimum atomic E-state index is -0.523. The van der Waals surface area contributed by atoms with Crippen molar-refractivity contribution in [3.8, 4) is 11.8 Å². The predicted octanol–water partition coefficient (Wildman–Crippen LogP) is 3.26. The number of hydrogen-bond acceptors (Lipinski definition) is 4. The van der Waals surface area contributed by atoms with Crippen molar-refractivity contribution >= 4 is 0 Å². The van der Waals surface area contributed by atoms with Gasteiger partial charge in [-0.15, -0.1) is 0 Å². The van der Waals surface area contributed by atoms with E-state index in [-0.39, 0.29) is 0 Å². The third-order valence-electron chi connectivity index (χ3n) is 3.20. The molecule has 102 valence electrons. The van der Waals surface area contributed by atoms with Crippen LogP contribution in [0.1, 0.15) is 42.6 Å². The fourth-order valence-electron chi connectivity index (χ4n) is 2.06. The van der Waals surface area contributed by atoms with Crippen molar-refractivity contribution in [1.29, 1.82) is 5.26 Å². The number of nitrogens with zero attached hydrogens (tertiary/aromatic N) is 3. The van der Waals surface area contributed by atoms with Gasteiger partial charge in [-0.3, -0.25) is 0 Å². The van der Waals surface area contributed by atoms with Crippen LogP contribution in [0.25, 0.3) is 0 Å². The molecular weight excluding hydrogens is 250 g/mol. The van der Waals surface area contributed by atoms with E-state index in [4.69, 9.17) is 4.74 Å². The van der Waals surface area contributed by atoms with E-state index in [1.807, 2.05) is 18.2 Å². The van der Waals surface area contributed by atoms with Crippen LogP contribution in [0.4, 0.5) is 0 Å². The van der Waals surface area contributed by atoms with Crippen LogP contribution in [0, 0.1) is 11.3 Å². The number of hydrogen-bond donors (Lipinski definition) is 0. The molecule has 1 heterocycles. The average Bonchev–Trinajstić information content (AvgIpc) is 2.49. The maximum Gasteiger partial charge on any atom is 0.149 e. The summed E-state index contributed by atoms with van der Waals surface area (Å²) in [6.07, 6.45) is 3.29. The Morgan fingerprint density at radius 2 is 1.90 bits per heavy atom. The molecule has 0 amide bonds. The van der Waals surface area contributed by atoms with E-state index in [1.54, 1.807) is 25.6 Å². The summed E-state index contributed by atoms with van der Waals surface area (Å²) in [5.41, 5.74) is 1.98.